The van der Waals surface area contributed by atoms with Crippen LogP contribution in [0.5, 0.6) is 0 Å². The molecule has 0 bridgehead atoms. The summed E-state index contributed by atoms with van der Waals surface area (Å²) in [4.78, 5) is 19.4. The van der Waals surface area contributed by atoms with E-state index < -0.39 is 5.91 Å². The molecule has 0 aliphatic heterocycles. The first-order chi connectivity index (χ1) is 7.68. The molecule has 2 aromatic rings. The highest BCUT2D eigenvalue weighted by Gasteiger charge is 2.07. The SMILES string of the molecule is Cc1cccnc1-c1cccc(C(N)=O)n1. The van der Waals surface area contributed by atoms with Crippen LogP contribution < -0.4 is 5.73 Å². The van der Waals surface area contributed by atoms with E-state index in [-0.39, 0.29) is 5.69 Å². The van der Waals surface area contributed by atoms with Gasteiger partial charge in [0.05, 0.1) is 11.4 Å². The first kappa shape index (κ1) is 10.3. The van der Waals surface area contributed by atoms with Crippen LogP contribution in [-0.2, 0) is 0 Å². The van der Waals surface area contributed by atoms with Crippen LogP contribution in [0.2, 0.25) is 0 Å². The van der Waals surface area contributed by atoms with Crippen molar-refractivity contribution in [3.8, 4) is 11.4 Å². The molecular weight excluding hydrogens is 202 g/mol. The highest BCUT2D eigenvalue weighted by atomic mass is 16.1. The molecule has 2 N–H and O–H groups in total. The van der Waals surface area contributed by atoms with Crippen LogP contribution in [0.15, 0.2) is 36.5 Å². The second-order valence-electron chi connectivity index (χ2n) is 3.44. The van der Waals surface area contributed by atoms with Crippen LogP contribution in [0.1, 0.15) is 16.1 Å². The van der Waals surface area contributed by atoms with Crippen molar-refractivity contribution in [1.82, 2.24) is 9.97 Å². The number of rotatable bonds is 2. The first-order valence-electron chi connectivity index (χ1n) is 4.87. The Morgan fingerprint density at radius 1 is 1.25 bits per heavy atom. The number of aryl methyl sites for hydroxylation is 1. The lowest BCUT2D eigenvalue weighted by Gasteiger charge is -2.04. The van der Waals surface area contributed by atoms with Crippen LogP contribution in [0, 0.1) is 6.92 Å². The van der Waals surface area contributed by atoms with Gasteiger partial charge in [0, 0.05) is 6.20 Å². The van der Waals surface area contributed by atoms with Gasteiger partial charge in [-0.3, -0.25) is 9.78 Å². The normalized spacial score (nSPS) is 10.1. The summed E-state index contributed by atoms with van der Waals surface area (Å²) in [5.74, 6) is -0.532. The maximum Gasteiger partial charge on any atom is 0.267 e. The zero-order valence-electron chi connectivity index (χ0n) is 8.84. The van der Waals surface area contributed by atoms with Crippen LogP contribution in [0.3, 0.4) is 0 Å². The molecule has 0 saturated heterocycles. The fraction of sp³-hybridized carbons (Fsp3) is 0.0833. The summed E-state index contributed by atoms with van der Waals surface area (Å²) in [5, 5.41) is 0. The molecule has 4 nitrogen and oxygen atoms in total. The maximum atomic E-state index is 11.0. The van der Waals surface area contributed by atoms with E-state index in [2.05, 4.69) is 9.97 Å². The fourth-order valence-corrected chi connectivity index (χ4v) is 1.46. The molecule has 0 aliphatic carbocycles. The van der Waals surface area contributed by atoms with Gasteiger partial charge in [-0.1, -0.05) is 12.1 Å². The predicted octanol–water partition coefficient (Wildman–Crippen LogP) is 1.55. The quantitative estimate of drug-likeness (QED) is 0.822. The van der Waals surface area contributed by atoms with Crippen LogP contribution in [0.4, 0.5) is 0 Å². The van der Waals surface area contributed by atoms with Gasteiger partial charge in [-0.05, 0) is 30.7 Å². The third-order valence-corrected chi connectivity index (χ3v) is 2.25. The van der Waals surface area contributed by atoms with E-state index >= 15 is 0 Å². The minimum atomic E-state index is -0.532. The lowest BCUT2D eigenvalue weighted by Crippen LogP contribution is -2.13. The highest BCUT2D eigenvalue weighted by Crippen LogP contribution is 2.18. The number of primary amides is 1. The molecule has 2 heterocycles. The Bertz CT molecular complexity index is 537. The van der Waals surface area contributed by atoms with Crippen molar-refractivity contribution in [2.45, 2.75) is 6.92 Å². The summed E-state index contributed by atoms with van der Waals surface area (Å²) in [7, 11) is 0. The van der Waals surface area contributed by atoms with Crippen LogP contribution in [0.25, 0.3) is 11.4 Å². The number of nitrogens with zero attached hydrogens (tertiary/aromatic N) is 2. The van der Waals surface area contributed by atoms with E-state index in [4.69, 9.17) is 5.73 Å². The number of pyridine rings is 2. The smallest absolute Gasteiger partial charge is 0.267 e. The number of carbonyl (C=O) groups excluding carboxylic acids is 1. The average molecular weight is 213 g/mol. The van der Waals surface area contributed by atoms with Crippen LogP contribution >= 0.6 is 0 Å². The van der Waals surface area contributed by atoms with Crippen molar-refractivity contribution >= 4 is 5.91 Å². The molecule has 0 saturated carbocycles. The van der Waals surface area contributed by atoms with Gasteiger partial charge in [-0.25, -0.2) is 4.98 Å². The standard InChI is InChI=1S/C12H11N3O/c1-8-4-3-7-14-11(8)9-5-2-6-10(15-9)12(13)16/h2-7H,1H3,(H2,13,16). The summed E-state index contributed by atoms with van der Waals surface area (Å²) >= 11 is 0. The van der Waals surface area contributed by atoms with Gasteiger partial charge in [-0.15, -0.1) is 0 Å². The van der Waals surface area contributed by atoms with E-state index in [0.29, 0.717) is 5.69 Å². The van der Waals surface area contributed by atoms with Gasteiger partial charge < -0.3 is 5.73 Å². The molecular formula is C12H11N3O. The molecule has 4 heteroatoms. The summed E-state index contributed by atoms with van der Waals surface area (Å²) in [6.07, 6.45) is 1.70. The molecule has 0 atom stereocenters. The molecule has 0 unspecified atom stereocenters. The fourth-order valence-electron chi connectivity index (χ4n) is 1.46. The van der Waals surface area contributed by atoms with E-state index in [1.165, 1.54) is 0 Å². The molecule has 0 radical (unpaired) electrons. The Labute approximate surface area is 93.2 Å². The van der Waals surface area contributed by atoms with Crippen molar-refractivity contribution in [3.63, 3.8) is 0 Å². The Morgan fingerprint density at radius 2 is 2.06 bits per heavy atom. The van der Waals surface area contributed by atoms with E-state index in [0.717, 1.165) is 11.3 Å². The highest BCUT2D eigenvalue weighted by molar-refractivity contribution is 5.91. The summed E-state index contributed by atoms with van der Waals surface area (Å²) in [5.41, 5.74) is 7.87. The number of aromatic nitrogens is 2. The minimum absolute atomic E-state index is 0.252. The monoisotopic (exact) mass is 213 g/mol. The Balaban J connectivity index is 2.53. The predicted molar refractivity (Wildman–Crippen MR) is 60.7 cm³/mol. The molecule has 0 fully saturated rings. The Kier molecular flexibility index (Phi) is 2.64. The van der Waals surface area contributed by atoms with Crippen molar-refractivity contribution in [3.05, 3.63) is 47.8 Å². The maximum absolute atomic E-state index is 11.0. The summed E-state index contributed by atoms with van der Waals surface area (Å²) in [6, 6.07) is 8.94. The number of hydrogen-bond acceptors (Lipinski definition) is 3. The number of nitrogens with two attached hydrogens (primary N) is 1. The summed E-state index contributed by atoms with van der Waals surface area (Å²) in [6.45, 7) is 1.95. The van der Waals surface area contributed by atoms with Gasteiger partial charge in [-0.2, -0.15) is 0 Å². The second kappa shape index (κ2) is 4.10. The summed E-state index contributed by atoms with van der Waals surface area (Å²) < 4.78 is 0. The third kappa shape index (κ3) is 1.91. The topological polar surface area (TPSA) is 68.9 Å². The van der Waals surface area contributed by atoms with E-state index in [9.17, 15) is 4.79 Å². The number of carbonyl (C=O) groups is 1. The lowest BCUT2D eigenvalue weighted by molar-refractivity contribution is 0.0995. The Morgan fingerprint density at radius 3 is 2.75 bits per heavy atom. The van der Waals surface area contributed by atoms with E-state index in [1.54, 1.807) is 18.3 Å². The average Bonchev–Trinajstić information content (AvgIpc) is 2.30. The van der Waals surface area contributed by atoms with Gasteiger partial charge in [0.15, 0.2) is 0 Å². The van der Waals surface area contributed by atoms with Gasteiger partial charge >= 0.3 is 0 Å². The lowest BCUT2D eigenvalue weighted by atomic mass is 10.1. The molecule has 0 aliphatic rings. The molecule has 80 valence electrons. The minimum Gasteiger partial charge on any atom is -0.364 e. The van der Waals surface area contributed by atoms with Gasteiger partial charge in [0.25, 0.3) is 5.91 Å². The van der Waals surface area contributed by atoms with Crippen molar-refractivity contribution in [2.75, 3.05) is 0 Å². The van der Waals surface area contributed by atoms with Gasteiger partial charge in [0.2, 0.25) is 0 Å². The van der Waals surface area contributed by atoms with Crippen molar-refractivity contribution < 1.29 is 4.79 Å². The van der Waals surface area contributed by atoms with Crippen LogP contribution in [-0.4, -0.2) is 15.9 Å². The molecule has 0 aromatic carbocycles. The van der Waals surface area contributed by atoms with E-state index in [1.807, 2.05) is 25.1 Å². The van der Waals surface area contributed by atoms with Crippen molar-refractivity contribution in [1.29, 1.82) is 0 Å². The number of amides is 1. The van der Waals surface area contributed by atoms with Crippen molar-refractivity contribution in [2.24, 2.45) is 5.73 Å². The van der Waals surface area contributed by atoms with Gasteiger partial charge in [0.1, 0.15) is 5.69 Å². The number of hydrogen-bond donors (Lipinski definition) is 1. The largest absolute Gasteiger partial charge is 0.364 e. The molecule has 1 amide bonds. The second-order valence-corrected chi connectivity index (χ2v) is 3.44. The Hall–Kier alpha value is -2.23. The zero-order chi connectivity index (χ0) is 11.5. The first-order valence-corrected chi connectivity index (χ1v) is 4.87. The molecule has 2 aromatic heterocycles. The molecule has 16 heavy (non-hydrogen) atoms. The molecule has 2 rings (SSSR count). The molecule has 0 spiro atoms. The third-order valence-electron chi connectivity index (χ3n) is 2.25. The zero-order valence-corrected chi connectivity index (χ0v) is 8.84.